The minimum Gasteiger partial charge on any atom is -0.497 e. The molecule has 1 saturated heterocycles. The summed E-state index contributed by atoms with van der Waals surface area (Å²) in [5.41, 5.74) is 1.94. The maximum absolute atomic E-state index is 12.5. The van der Waals surface area contributed by atoms with Crippen molar-refractivity contribution in [2.45, 2.75) is 24.7 Å². The molecule has 0 aromatic heterocycles. The third-order valence-corrected chi connectivity index (χ3v) is 5.28. The van der Waals surface area contributed by atoms with E-state index >= 15 is 0 Å². The largest absolute Gasteiger partial charge is 0.497 e. The monoisotopic (exact) mass is 369 g/mol. The van der Waals surface area contributed by atoms with Crippen molar-refractivity contribution < 1.29 is 19.0 Å². The summed E-state index contributed by atoms with van der Waals surface area (Å²) in [5, 5.41) is 3.14. The van der Waals surface area contributed by atoms with E-state index in [1.165, 1.54) is 0 Å². The molecule has 27 heavy (non-hydrogen) atoms. The van der Waals surface area contributed by atoms with Gasteiger partial charge >= 0.3 is 0 Å². The van der Waals surface area contributed by atoms with Crippen LogP contribution in [0.4, 0.5) is 0 Å². The zero-order chi connectivity index (χ0) is 19.1. The Morgan fingerprint density at radius 3 is 2.41 bits per heavy atom. The van der Waals surface area contributed by atoms with E-state index in [1.807, 2.05) is 42.5 Å². The van der Waals surface area contributed by atoms with E-state index < -0.39 is 0 Å². The normalized spacial score (nSPS) is 15.8. The number of para-hydroxylation sites is 1. The molecule has 1 fully saturated rings. The topological polar surface area (TPSA) is 56.8 Å². The highest BCUT2D eigenvalue weighted by Crippen LogP contribution is 2.39. The van der Waals surface area contributed by atoms with Crippen LogP contribution < -0.4 is 14.8 Å². The molecule has 0 spiro atoms. The van der Waals surface area contributed by atoms with Gasteiger partial charge in [0.1, 0.15) is 11.5 Å². The Balaban J connectivity index is 1.70. The van der Waals surface area contributed by atoms with Gasteiger partial charge in [0.2, 0.25) is 5.91 Å². The van der Waals surface area contributed by atoms with Crippen LogP contribution in [-0.2, 0) is 21.4 Å². The van der Waals surface area contributed by atoms with Crippen LogP contribution in [0.15, 0.2) is 48.5 Å². The Hall–Kier alpha value is -2.53. The van der Waals surface area contributed by atoms with E-state index in [0.717, 1.165) is 35.5 Å². The first-order valence-corrected chi connectivity index (χ1v) is 9.28. The van der Waals surface area contributed by atoms with Crippen molar-refractivity contribution in [3.8, 4) is 11.5 Å². The average Bonchev–Trinajstić information content (AvgIpc) is 2.73. The van der Waals surface area contributed by atoms with Crippen molar-refractivity contribution in [1.29, 1.82) is 0 Å². The summed E-state index contributed by atoms with van der Waals surface area (Å²) in [4.78, 5) is 12.5. The summed E-state index contributed by atoms with van der Waals surface area (Å²) in [7, 11) is 3.32. The van der Waals surface area contributed by atoms with Crippen molar-refractivity contribution in [3.63, 3.8) is 0 Å². The molecule has 1 aliphatic rings. The van der Waals surface area contributed by atoms with Crippen LogP contribution in [-0.4, -0.2) is 39.9 Å². The second-order valence-corrected chi connectivity index (χ2v) is 6.89. The smallest absolute Gasteiger partial charge is 0.224 e. The van der Waals surface area contributed by atoms with E-state index in [-0.39, 0.29) is 11.3 Å². The number of nitrogens with one attached hydrogen (secondary N) is 1. The van der Waals surface area contributed by atoms with Gasteiger partial charge in [-0.3, -0.25) is 4.79 Å². The van der Waals surface area contributed by atoms with Gasteiger partial charge in [-0.25, -0.2) is 0 Å². The lowest BCUT2D eigenvalue weighted by molar-refractivity contribution is -0.121. The number of carbonyl (C=O) groups excluding carboxylic acids is 1. The number of rotatable bonds is 7. The third-order valence-electron chi connectivity index (χ3n) is 5.28. The average molecular weight is 369 g/mol. The molecule has 144 valence electrons. The molecule has 1 aliphatic heterocycles. The van der Waals surface area contributed by atoms with Crippen molar-refractivity contribution in [3.05, 3.63) is 59.7 Å². The predicted octanol–water partition coefficient (Wildman–Crippen LogP) is 3.11. The quantitative estimate of drug-likeness (QED) is 0.815. The molecule has 2 aromatic rings. The fourth-order valence-corrected chi connectivity index (χ4v) is 3.65. The first-order valence-electron chi connectivity index (χ1n) is 9.28. The summed E-state index contributed by atoms with van der Waals surface area (Å²) in [6.45, 7) is 1.95. The van der Waals surface area contributed by atoms with Gasteiger partial charge in [-0.15, -0.1) is 0 Å². The maximum atomic E-state index is 12.5. The van der Waals surface area contributed by atoms with Gasteiger partial charge < -0.3 is 19.5 Å². The number of amides is 1. The van der Waals surface area contributed by atoms with E-state index in [0.29, 0.717) is 26.2 Å². The molecule has 2 aromatic carbocycles. The Labute approximate surface area is 160 Å². The van der Waals surface area contributed by atoms with Crippen LogP contribution >= 0.6 is 0 Å². The number of carbonyl (C=O) groups is 1. The van der Waals surface area contributed by atoms with Gasteiger partial charge in [0, 0.05) is 30.7 Å². The maximum Gasteiger partial charge on any atom is 0.224 e. The molecule has 1 N–H and O–H groups in total. The Morgan fingerprint density at radius 2 is 1.74 bits per heavy atom. The molecule has 0 bridgehead atoms. The zero-order valence-corrected chi connectivity index (χ0v) is 16.0. The third kappa shape index (κ3) is 4.61. The molecule has 5 nitrogen and oxygen atoms in total. The molecule has 1 amide bonds. The van der Waals surface area contributed by atoms with Crippen LogP contribution in [0.1, 0.15) is 24.0 Å². The molecule has 0 atom stereocenters. The van der Waals surface area contributed by atoms with Crippen molar-refractivity contribution in [2.75, 3.05) is 34.0 Å². The SMILES string of the molecule is COc1ccc(CC(=O)NCC2(c3ccccc3OC)CCOCC2)cc1. The molecular formula is C22H27NO4. The summed E-state index contributed by atoms with van der Waals surface area (Å²) < 4.78 is 16.3. The first-order chi connectivity index (χ1) is 13.2. The van der Waals surface area contributed by atoms with Gasteiger partial charge in [0.15, 0.2) is 0 Å². The molecule has 0 saturated carbocycles. The molecule has 0 unspecified atom stereocenters. The van der Waals surface area contributed by atoms with Gasteiger partial charge in [0.25, 0.3) is 0 Å². The van der Waals surface area contributed by atoms with E-state index in [4.69, 9.17) is 14.2 Å². The Bertz CT molecular complexity index is 751. The van der Waals surface area contributed by atoms with E-state index in [2.05, 4.69) is 11.4 Å². The second-order valence-electron chi connectivity index (χ2n) is 6.89. The van der Waals surface area contributed by atoms with Crippen LogP contribution in [0.5, 0.6) is 11.5 Å². The van der Waals surface area contributed by atoms with Gasteiger partial charge in [-0.05, 0) is 36.6 Å². The molecule has 5 heteroatoms. The molecule has 0 aliphatic carbocycles. The Kier molecular flexibility index (Phi) is 6.35. The number of hydrogen-bond acceptors (Lipinski definition) is 4. The molecule has 0 radical (unpaired) electrons. The lowest BCUT2D eigenvalue weighted by atomic mass is 9.73. The predicted molar refractivity (Wildman–Crippen MR) is 104 cm³/mol. The highest BCUT2D eigenvalue weighted by Gasteiger charge is 2.37. The van der Waals surface area contributed by atoms with Crippen LogP contribution in [0.2, 0.25) is 0 Å². The summed E-state index contributed by atoms with van der Waals surface area (Å²) in [5.74, 6) is 1.67. The standard InChI is InChI=1S/C22H27NO4/c1-25-18-9-7-17(8-10-18)15-21(24)23-16-22(11-13-27-14-12-22)19-5-3-4-6-20(19)26-2/h3-10H,11-16H2,1-2H3,(H,23,24). The van der Waals surface area contributed by atoms with Crippen LogP contribution in [0.25, 0.3) is 0 Å². The number of ether oxygens (including phenoxy) is 3. The van der Waals surface area contributed by atoms with Crippen LogP contribution in [0, 0.1) is 0 Å². The highest BCUT2D eigenvalue weighted by molar-refractivity contribution is 5.78. The fraction of sp³-hybridized carbons (Fsp3) is 0.409. The molecular weight excluding hydrogens is 342 g/mol. The van der Waals surface area contributed by atoms with Gasteiger partial charge in [-0.1, -0.05) is 30.3 Å². The van der Waals surface area contributed by atoms with Crippen LogP contribution in [0.3, 0.4) is 0 Å². The second kappa shape index (κ2) is 8.91. The first kappa shape index (κ1) is 19.2. The van der Waals surface area contributed by atoms with E-state index in [1.54, 1.807) is 14.2 Å². The van der Waals surface area contributed by atoms with Crippen molar-refractivity contribution >= 4 is 5.91 Å². The zero-order valence-electron chi connectivity index (χ0n) is 16.0. The Morgan fingerprint density at radius 1 is 1.04 bits per heavy atom. The lowest BCUT2D eigenvalue weighted by Crippen LogP contribution is -2.45. The van der Waals surface area contributed by atoms with E-state index in [9.17, 15) is 4.79 Å². The van der Waals surface area contributed by atoms with Gasteiger partial charge in [-0.2, -0.15) is 0 Å². The minimum atomic E-state index is -0.166. The number of benzene rings is 2. The highest BCUT2D eigenvalue weighted by atomic mass is 16.5. The molecule has 1 heterocycles. The number of methoxy groups -OCH3 is 2. The summed E-state index contributed by atoms with van der Waals surface area (Å²) in [6, 6.07) is 15.7. The van der Waals surface area contributed by atoms with Crippen molar-refractivity contribution in [1.82, 2.24) is 5.32 Å². The van der Waals surface area contributed by atoms with Crippen molar-refractivity contribution in [2.24, 2.45) is 0 Å². The van der Waals surface area contributed by atoms with Gasteiger partial charge in [0.05, 0.1) is 20.6 Å². The fourth-order valence-electron chi connectivity index (χ4n) is 3.65. The number of hydrogen-bond donors (Lipinski definition) is 1. The lowest BCUT2D eigenvalue weighted by Gasteiger charge is -2.38. The molecule has 3 rings (SSSR count). The summed E-state index contributed by atoms with van der Waals surface area (Å²) in [6.07, 6.45) is 2.06. The minimum absolute atomic E-state index is 0.0148. The summed E-state index contributed by atoms with van der Waals surface area (Å²) >= 11 is 0.